The molecule has 0 radical (unpaired) electrons. The van der Waals surface area contributed by atoms with E-state index in [1.165, 1.54) is 0 Å². The van der Waals surface area contributed by atoms with Crippen LogP contribution in [0.5, 0.6) is 5.75 Å². The van der Waals surface area contributed by atoms with E-state index < -0.39 is 0 Å². The molecule has 1 aromatic carbocycles. The number of nitrogens with two attached hydrogens (primary N) is 1. The zero-order chi connectivity index (χ0) is 13.3. The van der Waals surface area contributed by atoms with Crippen molar-refractivity contribution in [3.63, 3.8) is 0 Å². The van der Waals surface area contributed by atoms with Crippen LogP contribution in [0.2, 0.25) is 5.02 Å². The van der Waals surface area contributed by atoms with E-state index in [0.717, 1.165) is 21.5 Å². The number of hydrogen-bond acceptors (Lipinski definition) is 3. The highest BCUT2D eigenvalue weighted by atomic mass is 79.9. The van der Waals surface area contributed by atoms with Gasteiger partial charge in [0, 0.05) is 4.47 Å². The van der Waals surface area contributed by atoms with Gasteiger partial charge in [0.05, 0.1) is 19.3 Å². The van der Waals surface area contributed by atoms with E-state index in [1.54, 1.807) is 11.8 Å². The predicted octanol–water partition coefficient (Wildman–Crippen LogP) is 3.25. The Morgan fingerprint density at radius 2 is 2.22 bits per heavy atom. The van der Waals surface area contributed by atoms with Crippen LogP contribution in [0.15, 0.2) is 22.7 Å². The van der Waals surface area contributed by atoms with Crippen LogP contribution in [0.3, 0.4) is 0 Å². The molecule has 0 atom stereocenters. The van der Waals surface area contributed by atoms with Crippen molar-refractivity contribution in [3.8, 4) is 5.75 Å². The molecule has 0 aliphatic heterocycles. The molecule has 0 unspecified atom stereocenters. The van der Waals surface area contributed by atoms with E-state index >= 15 is 0 Å². The zero-order valence-electron chi connectivity index (χ0n) is 10.1. The van der Waals surface area contributed by atoms with Gasteiger partial charge in [-0.25, -0.2) is 4.68 Å². The standard InChI is InChI=1S/C12H13BrClN3O/c1-7-11(14)12(15)17(16-7)6-8-5-9(18-2)3-4-10(8)13/h3-5H,6,15H2,1-2H3. The van der Waals surface area contributed by atoms with Gasteiger partial charge in [0.1, 0.15) is 16.6 Å². The Kier molecular flexibility index (Phi) is 3.82. The third kappa shape index (κ3) is 2.47. The number of halogens is 2. The van der Waals surface area contributed by atoms with Gasteiger partial charge in [-0.05, 0) is 30.7 Å². The molecular formula is C12H13BrClN3O. The molecule has 2 N–H and O–H groups in total. The summed E-state index contributed by atoms with van der Waals surface area (Å²) in [6.07, 6.45) is 0. The molecule has 96 valence electrons. The maximum absolute atomic E-state index is 6.02. The summed E-state index contributed by atoms with van der Waals surface area (Å²) in [6.45, 7) is 2.37. The lowest BCUT2D eigenvalue weighted by molar-refractivity contribution is 0.414. The third-order valence-electron chi connectivity index (χ3n) is 2.66. The fourth-order valence-corrected chi connectivity index (χ4v) is 2.17. The molecule has 4 nitrogen and oxygen atoms in total. The number of benzene rings is 1. The highest BCUT2D eigenvalue weighted by molar-refractivity contribution is 9.10. The average molecular weight is 331 g/mol. The molecule has 0 bridgehead atoms. The largest absolute Gasteiger partial charge is 0.497 e. The van der Waals surface area contributed by atoms with Gasteiger partial charge in [0.25, 0.3) is 0 Å². The first-order chi connectivity index (χ1) is 8.52. The van der Waals surface area contributed by atoms with Gasteiger partial charge in [-0.2, -0.15) is 5.10 Å². The monoisotopic (exact) mass is 329 g/mol. The highest BCUT2D eigenvalue weighted by Gasteiger charge is 2.12. The van der Waals surface area contributed by atoms with E-state index in [0.29, 0.717) is 17.4 Å². The molecule has 6 heteroatoms. The van der Waals surface area contributed by atoms with Crippen LogP contribution in [-0.2, 0) is 6.54 Å². The van der Waals surface area contributed by atoms with E-state index in [9.17, 15) is 0 Å². The van der Waals surface area contributed by atoms with Crippen LogP contribution in [0.1, 0.15) is 11.3 Å². The number of methoxy groups -OCH3 is 1. The fraction of sp³-hybridized carbons (Fsp3) is 0.250. The van der Waals surface area contributed by atoms with Crippen LogP contribution < -0.4 is 10.5 Å². The Hall–Kier alpha value is -1.20. The number of anilines is 1. The molecule has 0 amide bonds. The van der Waals surface area contributed by atoms with Gasteiger partial charge in [0.15, 0.2) is 0 Å². The van der Waals surface area contributed by atoms with Crippen molar-refractivity contribution >= 4 is 33.3 Å². The number of ether oxygens (including phenoxy) is 1. The summed E-state index contributed by atoms with van der Waals surface area (Å²) in [7, 11) is 1.64. The van der Waals surface area contributed by atoms with E-state index in [2.05, 4.69) is 21.0 Å². The van der Waals surface area contributed by atoms with E-state index in [-0.39, 0.29) is 0 Å². The van der Waals surface area contributed by atoms with Crippen molar-refractivity contribution < 1.29 is 4.74 Å². The SMILES string of the molecule is COc1ccc(Br)c(Cn2nc(C)c(Cl)c2N)c1. The second-order valence-corrected chi connectivity index (χ2v) is 5.13. The number of aromatic nitrogens is 2. The Morgan fingerprint density at radius 3 is 2.78 bits per heavy atom. The minimum absolute atomic E-state index is 0.476. The third-order valence-corrected chi connectivity index (χ3v) is 3.91. The summed E-state index contributed by atoms with van der Waals surface area (Å²) in [6, 6.07) is 5.76. The topological polar surface area (TPSA) is 53.1 Å². The molecule has 0 aliphatic carbocycles. The summed E-state index contributed by atoms with van der Waals surface area (Å²) in [5, 5.41) is 4.81. The minimum atomic E-state index is 0.476. The van der Waals surface area contributed by atoms with Crippen molar-refractivity contribution in [3.05, 3.63) is 39.0 Å². The molecule has 18 heavy (non-hydrogen) atoms. The number of rotatable bonds is 3. The smallest absolute Gasteiger partial charge is 0.141 e. The minimum Gasteiger partial charge on any atom is -0.497 e. The van der Waals surface area contributed by atoms with Crippen molar-refractivity contribution in [1.82, 2.24) is 9.78 Å². The molecular weight excluding hydrogens is 318 g/mol. The van der Waals surface area contributed by atoms with Crippen molar-refractivity contribution in [2.75, 3.05) is 12.8 Å². The number of hydrogen-bond donors (Lipinski definition) is 1. The molecule has 0 saturated carbocycles. The average Bonchev–Trinajstić information content (AvgIpc) is 2.60. The molecule has 1 heterocycles. The Balaban J connectivity index is 2.36. The number of nitrogens with zero attached hydrogens (tertiary/aromatic N) is 2. The first-order valence-electron chi connectivity index (χ1n) is 5.33. The van der Waals surface area contributed by atoms with Crippen molar-refractivity contribution in [2.24, 2.45) is 0 Å². The zero-order valence-corrected chi connectivity index (χ0v) is 12.4. The van der Waals surface area contributed by atoms with Crippen LogP contribution in [0.25, 0.3) is 0 Å². The van der Waals surface area contributed by atoms with Gasteiger partial charge in [-0.3, -0.25) is 0 Å². The van der Waals surface area contributed by atoms with Crippen molar-refractivity contribution in [2.45, 2.75) is 13.5 Å². The van der Waals surface area contributed by atoms with Gasteiger partial charge < -0.3 is 10.5 Å². The summed E-state index contributed by atoms with van der Waals surface area (Å²) in [4.78, 5) is 0. The number of nitrogen functional groups attached to an aromatic ring is 1. The molecule has 2 rings (SSSR count). The van der Waals surface area contributed by atoms with Crippen LogP contribution >= 0.6 is 27.5 Å². The Bertz CT molecular complexity index is 583. The highest BCUT2D eigenvalue weighted by Crippen LogP contribution is 2.27. The molecule has 0 aliphatic rings. The lowest BCUT2D eigenvalue weighted by Crippen LogP contribution is -2.06. The summed E-state index contributed by atoms with van der Waals surface area (Å²) >= 11 is 9.51. The van der Waals surface area contributed by atoms with E-state index in [1.807, 2.05) is 25.1 Å². The van der Waals surface area contributed by atoms with E-state index in [4.69, 9.17) is 22.1 Å². The molecule has 1 aromatic heterocycles. The lowest BCUT2D eigenvalue weighted by atomic mass is 10.2. The second-order valence-electron chi connectivity index (χ2n) is 3.90. The maximum Gasteiger partial charge on any atom is 0.141 e. The summed E-state index contributed by atoms with van der Waals surface area (Å²) < 4.78 is 7.86. The summed E-state index contributed by atoms with van der Waals surface area (Å²) in [5.74, 6) is 1.27. The normalized spacial score (nSPS) is 10.7. The van der Waals surface area contributed by atoms with Crippen molar-refractivity contribution in [1.29, 1.82) is 0 Å². The van der Waals surface area contributed by atoms with Gasteiger partial charge in [0.2, 0.25) is 0 Å². The first kappa shape index (κ1) is 13.2. The molecule has 2 aromatic rings. The van der Waals surface area contributed by atoms with Crippen LogP contribution in [0, 0.1) is 6.92 Å². The fourth-order valence-electron chi connectivity index (χ4n) is 1.66. The molecule has 0 saturated heterocycles. The molecule has 0 spiro atoms. The second kappa shape index (κ2) is 5.20. The quantitative estimate of drug-likeness (QED) is 0.940. The van der Waals surface area contributed by atoms with Crippen LogP contribution in [0.4, 0.5) is 5.82 Å². The Labute approximate surface area is 119 Å². The maximum atomic E-state index is 6.02. The predicted molar refractivity (Wildman–Crippen MR) is 76.2 cm³/mol. The van der Waals surface area contributed by atoms with Gasteiger partial charge >= 0.3 is 0 Å². The van der Waals surface area contributed by atoms with Gasteiger partial charge in [-0.15, -0.1) is 0 Å². The molecule has 0 fully saturated rings. The van der Waals surface area contributed by atoms with Gasteiger partial charge in [-0.1, -0.05) is 27.5 Å². The number of aryl methyl sites for hydroxylation is 1. The Morgan fingerprint density at radius 1 is 1.50 bits per heavy atom. The summed E-state index contributed by atoms with van der Waals surface area (Å²) in [5.41, 5.74) is 7.65. The first-order valence-corrected chi connectivity index (χ1v) is 6.51. The van der Waals surface area contributed by atoms with Crippen LogP contribution in [-0.4, -0.2) is 16.9 Å². The lowest BCUT2D eigenvalue weighted by Gasteiger charge is -2.08.